The van der Waals surface area contributed by atoms with Gasteiger partial charge in [0, 0.05) is 25.4 Å². The Morgan fingerprint density at radius 3 is 2.26 bits per heavy atom. The highest BCUT2D eigenvalue weighted by atomic mass is 127. The van der Waals surface area contributed by atoms with Crippen LogP contribution in [0.15, 0.2) is 114 Å². The Kier molecular flexibility index (Phi) is 11.2. The van der Waals surface area contributed by atoms with Crippen molar-refractivity contribution in [3.8, 4) is 5.75 Å². The van der Waals surface area contributed by atoms with E-state index in [1.807, 2.05) is 62.4 Å². The SMILES string of the molecule is CCOc1ccc(/C=C(/NC(=O)c2ccccc2)C(=O)Nc2cccc(SC(C)C(=O)Nc3ccc(I)cc3)c2)cc1. The molecule has 4 aromatic carbocycles. The van der Waals surface area contributed by atoms with Gasteiger partial charge in [-0.05, 0) is 115 Å². The summed E-state index contributed by atoms with van der Waals surface area (Å²) in [7, 11) is 0. The molecule has 0 fully saturated rings. The van der Waals surface area contributed by atoms with E-state index in [9.17, 15) is 14.4 Å². The number of nitrogens with one attached hydrogen (secondary N) is 3. The second kappa shape index (κ2) is 15.2. The summed E-state index contributed by atoms with van der Waals surface area (Å²) in [5.74, 6) is -0.301. The van der Waals surface area contributed by atoms with Crippen LogP contribution in [0.25, 0.3) is 6.08 Å². The van der Waals surface area contributed by atoms with Gasteiger partial charge in [0.05, 0.1) is 11.9 Å². The molecule has 0 heterocycles. The van der Waals surface area contributed by atoms with Crippen molar-refractivity contribution in [2.75, 3.05) is 17.2 Å². The van der Waals surface area contributed by atoms with Crippen molar-refractivity contribution in [2.24, 2.45) is 0 Å². The minimum atomic E-state index is -0.486. The van der Waals surface area contributed by atoms with E-state index < -0.39 is 11.8 Å². The first-order valence-electron chi connectivity index (χ1n) is 13.3. The molecule has 0 radical (unpaired) electrons. The molecule has 42 heavy (non-hydrogen) atoms. The van der Waals surface area contributed by atoms with Gasteiger partial charge in [0.15, 0.2) is 0 Å². The molecule has 9 heteroatoms. The first-order chi connectivity index (χ1) is 20.3. The molecule has 0 aliphatic carbocycles. The van der Waals surface area contributed by atoms with E-state index in [-0.39, 0.29) is 16.9 Å². The van der Waals surface area contributed by atoms with E-state index in [0.29, 0.717) is 29.2 Å². The van der Waals surface area contributed by atoms with Gasteiger partial charge in [0.25, 0.3) is 11.8 Å². The normalized spacial score (nSPS) is 11.7. The zero-order chi connectivity index (χ0) is 29.9. The predicted octanol–water partition coefficient (Wildman–Crippen LogP) is 7.22. The third kappa shape index (κ3) is 9.22. The zero-order valence-electron chi connectivity index (χ0n) is 23.1. The van der Waals surface area contributed by atoms with Crippen LogP contribution in [0.4, 0.5) is 11.4 Å². The molecule has 1 unspecified atom stereocenters. The summed E-state index contributed by atoms with van der Waals surface area (Å²) in [6.07, 6.45) is 1.61. The Balaban J connectivity index is 1.48. The van der Waals surface area contributed by atoms with Crippen molar-refractivity contribution in [1.29, 1.82) is 0 Å². The summed E-state index contributed by atoms with van der Waals surface area (Å²) in [5, 5.41) is 8.18. The summed E-state index contributed by atoms with van der Waals surface area (Å²) in [4.78, 5) is 39.9. The maximum atomic E-state index is 13.4. The van der Waals surface area contributed by atoms with Crippen LogP contribution in [0, 0.1) is 3.57 Å². The van der Waals surface area contributed by atoms with Gasteiger partial charge in [-0.15, -0.1) is 11.8 Å². The lowest BCUT2D eigenvalue weighted by molar-refractivity contribution is -0.115. The van der Waals surface area contributed by atoms with Crippen molar-refractivity contribution in [3.05, 3.63) is 124 Å². The number of amides is 3. The fraction of sp³-hybridized carbons (Fsp3) is 0.121. The van der Waals surface area contributed by atoms with Crippen LogP contribution in [-0.4, -0.2) is 29.6 Å². The topological polar surface area (TPSA) is 96.5 Å². The number of rotatable bonds is 11. The zero-order valence-corrected chi connectivity index (χ0v) is 26.1. The molecule has 0 aliphatic rings. The van der Waals surface area contributed by atoms with Gasteiger partial charge in [-0.2, -0.15) is 0 Å². The Morgan fingerprint density at radius 1 is 0.857 bits per heavy atom. The average Bonchev–Trinajstić information content (AvgIpc) is 2.99. The summed E-state index contributed by atoms with van der Waals surface area (Å²) < 4.78 is 6.59. The Labute approximate surface area is 263 Å². The fourth-order valence-electron chi connectivity index (χ4n) is 3.82. The van der Waals surface area contributed by atoms with Crippen LogP contribution in [0.1, 0.15) is 29.8 Å². The molecule has 4 aromatic rings. The van der Waals surface area contributed by atoms with E-state index >= 15 is 0 Å². The number of halogens is 1. The van der Waals surface area contributed by atoms with Gasteiger partial charge in [0.2, 0.25) is 5.91 Å². The second-order valence-electron chi connectivity index (χ2n) is 9.12. The summed E-state index contributed by atoms with van der Waals surface area (Å²) in [5.41, 5.74) is 2.49. The monoisotopic (exact) mass is 691 g/mol. The van der Waals surface area contributed by atoms with Gasteiger partial charge in [-0.3, -0.25) is 14.4 Å². The summed E-state index contributed by atoms with van der Waals surface area (Å²) in [6, 6.07) is 30.8. The number of hydrogen-bond acceptors (Lipinski definition) is 5. The highest BCUT2D eigenvalue weighted by molar-refractivity contribution is 14.1. The quantitative estimate of drug-likeness (QED) is 0.0878. The molecular formula is C33H30IN3O4S. The molecule has 0 aromatic heterocycles. The van der Waals surface area contributed by atoms with Crippen molar-refractivity contribution in [2.45, 2.75) is 24.0 Å². The molecule has 0 saturated carbocycles. The highest BCUT2D eigenvalue weighted by Gasteiger charge is 2.17. The van der Waals surface area contributed by atoms with Crippen LogP contribution in [0.3, 0.4) is 0 Å². The maximum absolute atomic E-state index is 13.4. The van der Waals surface area contributed by atoms with Gasteiger partial charge in [-0.1, -0.05) is 36.4 Å². The Morgan fingerprint density at radius 2 is 1.57 bits per heavy atom. The third-order valence-electron chi connectivity index (χ3n) is 5.92. The molecular weight excluding hydrogens is 661 g/mol. The van der Waals surface area contributed by atoms with Crippen molar-refractivity contribution >= 4 is 69.5 Å². The first kappa shape index (κ1) is 30.9. The highest BCUT2D eigenvalue weighted by Crippen LogP contribution is 2.27. The molecule has 0 saturated heterocycles. The van der Waals surface area contributed by atoms with Crippen molar-refractivity contribution in [3.63, 3.8) is 0 Å². The third-order valence-corrected chi connectivity index (χ3v) is 7.73. The standard InChI is InChI=1S/C33H30IN3O4S/c1-3-41-28-18-12-23(13-19-28)20-30(37-32(39)24-8-5-4-6-9-24)33(40)36-27-10-7-11-29(21-27)42-22(2)31(38)35-26-16-14-25(34)15-17-26/h4-22H,3H2,1-2H3,(H,35,38)(H,36,40)(H,37,39)/b30-20+. The number of hydrogen-bond donors (Lipinski definition) is 3. The maximum Gasteiger partial charge on any atom is 0.272 e. The van der Waals surface area contributed by atoms with Gasteiger partial charge >= 0.3 is 0 Å². The second-order valence-corrected chi connectivity index (χ2v) is 11.8. The number of benzene rings is 4. The van der Waals surface area contributed by atoms with Gasteiger partial charge in [-0.25, -0.2) is 0 Å². The molecule has 3 amide bonds. The molecule has 0 bridgehead atoms. The summed E-state index contributed by atoms with van der Waals surface area (Å²) >= 11 is 3.59. The predicted molar refractivity (Wildman–Crippen MR) is 178 cm³/mol. The number of carbonyl (C=O) groups excluding carboxylic acids is 3. The Bertz CT molecular complexity index is 1560. The molecule has 7 nitrogen and oxygen atoms in total. The van der Waals surface area contributed by atoms with E-state index in [1.54, 1.807) is 60.7 Å². The minimum Gasteiger partial charge on any atom is -0.494 e. The van der Waals surface area contributed by atoms with Crippen LogP contribution >= 0.6 is 34.4 Å². The van der Waals surface area contributed by atoms with E-state index in [2.05, 4.69) is 38.5 Å². The van der Waals surface area contributed by atoms with Crippen LogP contribution in [-0.2, 0) is 9.59 Å². The molecule has 214 valence electrons. The number of anilines is 2. The van der Waals surface area contributed by atoms with Crippen molar-refractivity contribution < 1.29 is 19.1 Å². The van der Waals surface area contributed by atoms with Gasteiger partial charge < -0.3 is 20.7 Å². The molecule has 1 atom stereocenters. The van der Waals surface area contributed by atoms with E-state index in [4.69, 9.17) is 4.74 Å². The first-order valence-corrected chi connectivity index (χ1v) is 15.2. The smallest absolute Gasteiger partial charge is 0.272 e. The van der Waals surface area contributed by atoms with E-state index in [1.165, 1.54) is 11.8 Å². The lowest BCUT2D eigenvalue weighted by Gasteiger charge is -2.14. The lowest BCUT2D eigenvalue weighted by atomic mass is 10.1. The fourth-order valence-corrected chi connectivity index (χ4v) is 5.10. The van der Waals surface area contributed by atoms with Crippen LogP contribution in [0.5, 0.6) is 5.75 Å². The molecule has 3 N–H and O–H groups in total. The van der Waals surface area contributed by atoms with E-state index in [0.717, 1.165) is 14.2 Å². The summed E-state index contributed by atoms with van der Waals surface area (Å²) in [6.45, 7) is 4.28. The largest absolute Gasteiger partial charge is 0.494 e. The number of ether oxygens (including phenoxy) is 1. The molecule has 0 aliphatic heterocycles. The number of thioether (sulfide) groups is 1. The minimum absolute atomic E-state index is 0.0799. The van der Waals surface area contributed by atoms with Crippen molar-refractivity contribution in [1.82, 2.24) is 5.32 Å². The van der Waals surface area contributed by atoms with Crippen LogP contribution < -0.4 is 20.7 Å². The van der Waals surface area contributed by atoms with Crippen LogP contribution in [0.2, 0.25) is 0 Å². The molecule has 4 rings (SSSR count). The molecule has 0 spiro atoms. The van der Waals surface area contributed by atoms with Gasteiger partial charge in [0.1, 0.15) is 11.4 Å². The Hall–Kier alpha value is -4.09. The lowest BCUT2D eigenvalue weighted by Crippen LogP contribution is -2.30. The average molecular weight is 692 g/mol. The number of carbonyl (C=O) groups is 3.